The zero-order valence-corrected chi connectivity index (χ0v) is 10.9. The molecule has 0 heterocycles. The van der Waals surface area contributed by atoms with Gasteiger partial charge in [-0.2, -0.15) is 0 Å². The second-order valence-corrected chi connectivity index (χ2v) is 4.53. The fraction of sp³-hybridized carbons (Fsp3) is 0.133. The van der Waals surface area contributed by atoms with Gasteiger partial charge in [0.05, 0.1) is 5.56 Å². The first-order chi connectivity index (χ1) is 9.47. The van der Waals surface area contributed by atoms with Crippen molar-refractivity contribution in [2.24, 2.45) is 0 Å². The molecule has 0 aliphatic rings. The quantitative estimate of drug-likeness (QED) is 0.876. The number of carbonyl (C=O) groups is 1. The van der Waals surface area contributed by atoms with E-state index in [1.807, 2.05) is 0 Å². The van der Waals surface area contributed by atoms with Gasteiger partial charge in [0.25, 0.3) is 5.91 Å². The minimum atomic E-state index is -0.862. The number of hydrogen-bond acceptors (Lipinski definition) is 2. The van der Waals surface area contributed by atoms with Gasteiger partial charge in [-0.3, -0.25) is 4.79 Å². The molecule has 2 aromatic rings. The lowest BCUT2D eigenvalue weighted by Crippen LogP contribution is -2.27. The maximum absolute atomic E-state index is 13.5. The molecule has 0 atom stereocenters. The topological polar surface area (TPSA) is 46.3 Å². The van der Waals surface area contributed by atoms with Gasteiger partial charge in [-0.15, -0.1) is 0 Å². The van der Waals surface area contributed by atoms with Gasteiger partial charge in [-0.1, -0.05) is 12.1 Å². The fourth-order valence-corrected chi connectivity index (χ4v) is 1.84. The van der Waals surface area contributed by atoms with Crippen LogP contribution in [-0.2, 0) is 6.54 Å². The van der Waals surface area contributed by atoms with Gasteiger partial charge in [0.2, 0.25) is 0 Å². The van der Waals surface area contributed by atoms with E-state index >= 15 is 0 Å². The molecule has 0 spiro atoms. The monoisotopic (exact) mass is 276 g/mol. The molecule has 0 aromatic heterocycles. The average molecular weight is 276 g/mol. The van der Waals surface area contributed by atoms with E-state index in [1.165, 1.54) is 4.90 Å². The lowest BCUT2D eigenvalue weighted by Gasteiger charge is -2.17. The normalized spacial score (nSPS) is 10.3. The number of hydrogen-bond donors (Lipinski definition) is 1. The molecular weight excluding hydrogens is 262 g/mol. The Hall–Kier alpha value is -2.43. The van der Waals surface area contributed by atoms with Crippen LogP contribution < -0.4 is 5.73 Å². The summed E-state index contributed by atoms with van der Waals surface area (Å²) >= 11 is 0. The highest BCUT2D eigenvalue weighted by molar-refractivity contribution is 5.94. The highest BCUT2D eigenvalue weighted by Crippen LogP contribution is 2.14. The van der Waals surface area contributed by atoms with Crippen molar-refractivity contribution in [1.29, 1.82) is 0 Å². The average Bonchev–Trinajstić information content (AvgIpc) is 2.40. The third-order valence-corrected chi connectivity index (χ3v) is 2.91. The van der Waals surface area contributed by atoms with Crippen LogP contribution >= 0.6 is 0 Å². The van der Waals surface area contributed by atoms with E-state index in [9.17, 15) is 13.6 Å². The molecule has 0 saturated heterocycles. The molecule has 20 heavy (non-hydrogen) atoms. The molecule has 0 fully saturated rings. The standard InChI is InChI=1S/C15H14F2N2O/c1-19(9-10-2-5-12(18)6-3-10)15(20)13-7-4-11(16)8-14(13)17/h2-8H,9,18H2,1H3. The highest BCUT2D eigenvalue weighted by atomic mass is 19.1. The third kappa shape index (κ3) is 3.12. The second-order valence-electron chi connectivity index (χ2n) is 4.53. The van der Waals surface area contributed by atoms with Crippen LogP contribution in [0, 0.1) is 11.6 Å². The lowest BCUT2D eigenvalue weighted by molar-refractivity contribution is 0.0780. The Morgan fingerprint density at radius 3 is 2.40 bits per heavy atom. The molecule has 5 heteroatoms. The zero-order chi connectivity index (χ0) is 14.7. The van der Waals surface area contributed by atoms with E-state index in [0.717, 1.165) is 17.7 Å². The van der Waals surface area contributed by atoms with Gasteiger partial charge in [-0.25, -0.2) is 8.78 Å². The van der Waals surface area contributed by atoms with Crippen LogP contribution in [0.15, 0.2) is 42.5 Å². The Bertz CT molecular complexity index is 626. The number of halogens is 2. The summed E-state index contributed by atoms with van der Waals surface area (Å²) in [7, 11) is 1.56. The Morgan fingerprint density at radius 2 is 1.80 bits per heavy atom. The fourth-order valence-electron chi connectivity index (χ4n) is 1.84. The molecule has 0 radical (unpaired) electrons. The summed E-state index contributed by atoms with van der Waals surface area (Å²) in [5, 5.41) is 0. The molecule has 0 aliphatic carbocycles. The number of carbonyl (C=O) groups excluding carboxylic acids is 1. The largest absolute Gasteiger partial charge is 0.399 e. The number of nitrogen functional groups attached to an aromatic ring is 1. The molecule has 2 aromatic carbocycles. The van der Waals surface area contributed by atoms with E-state index < -0.39 is 17.5 Å². The van der Waals surface area contributed by atoms with Crippen molar-refractivity contribution in [3.63, 3.8) is 0 Å². The van der Waals surface area contributed by atoms with Crippen LogP contribution in [0.1, 0.15) is 15.9 Å². The van der Waals surface area contributed by atoms with Crippen molar-refractivity contribution >= 4 is 11.6 Å². The highest BCUT2D eigenvalue weighted by Gasteiger charge is 2.16. The van der Waals surface area contributed by atoms with Crippen molar-refractivity contribution in [2.45, 2.75) is 6.54 Å². The molecule has 1 amide bonds. The summed E-state index contributed by atoms with van der Waals surface area (Å²) in [6.45, 7) is 0.315. The van der Waals surface area contributed by atoms with Crippen LogP contribution in [0.25, 0.3) is 0 Å². The minimum absolute atomic E-state index is 0.149. The van der Waals surface area contributed by atoms with Gasteiger partial charge < -0.3 is 10.6 Å². The predicted octanol–water partition coefficient (Wildman–Crippen LogP) is 2.82. The summed E-state index contributed by atoms with van der Waals surface area (Å²) in [4.78, 5) is 13.4. The number of amides is 1. The van der Waals surface area contributed by atoms with Gasteiger partial charge >= 0.3 is 0 Å². The minimum Gasteiger partial charge on any atom is -0.399 e. The van der Waals surface area contributed by atoms with Crippen LogP contribution in [0.4, 0.5) is 14.5 Å². The van der Waals surface area contributed by atoms with E-state index in [1.54, 1.807) is 31.3 Å². The third-order valence-electron chi connectivity index (χ3n) is 2.91. The summed E-state index contributed by atoms with van der Waals surface area (Å²) < 4.78 is 26.4. The van der Waals surface area contributed by atoms with Crippen molar-refractivity contribution in [3.05, 3.63) is 65.2 Å². The maximum Gasteiger partial charge on any atom is 0.256 e. The molecule has 2 N–H and O–H groups in total. The van der Waals surface area contributed by atoms with E-state index in [4.69, 9.17) is 5.73 Å². The van der Waals surface area contributed by atoms with Crippen LogP contribution in [0.5, 0.6) is 0 Å². The lowest BCUT2D eigenvalue weighted by atomic mass is 10.1. The molecule has 0 unspecified atom stereocenters. The molecule has 104 valence electrons. The van der Waals surface area contributed by atoms with Crippen molar-refractivity contribution < 1.29 is 13.6 Å². The van der Waals surface area contributed by atoms with Crippen LogP contribution in [0.3, 0.4) is 0 Å². The van der Waals surface area contributed by atoms with Gasteiger partial charge in [0.15, 0.2) is 0 Å². The van der Waals surface area contributed by atoms with E-state index in [-0.39, 0.29) is 5.56 Å². The smallest absolute Gasteiger partial charge is 0.256 e. The summed E-state index contributed by atoms with van der Waals surface area (Å²) in [5.41, 5.74) is 6.93. The molecule has 2 rings (SSSR count). The number of rotatable bonds is 3. The predicted molar refractivity (Wildman–Crippen MR) is 73.0 cm³/mol. The Labute approximate surface area is 115 Å². The van der Waals surface area contributed by atoms with Gasteiger partial charge in [-0.05, 0) is 29.8 Å². The molecule has 0 bridgehead atoms. The van der Waals surface area contributed by atoms with E-state index in [0.29, 0.717) is 18.3 Å². The first-order valence-electron chi connectivity index (χ1n) is 6.02. The SMILES string of the molecule is CN(Cc1ccc(N)cc1)C(=O)c1ccc(F)cc1F. The Morgan fingerprint density at radius 1 is 1.15 bits per heavy atom. The van der Waals surface area contributed by atoms with Gasteiger partial charge in [0.1, 0.15) is 11.6 Å². The second kappa shape index (κ2) is 5.69. The Balaban J connectivity index is 2.14. The molecule has 0 saturated carbocycles. The number of benzene rings is 2. The van der Waals surface area contributed by atoms with Crippen molar-refractivity contribution in [1.82, 2.24) is 4.90 Å². The number of nitrogens with zero attached hydrogens (tertiary/aromatic N) is 1. The number of nitrogens with two attached hydrogens (primary N) is 1. The molecule has 0 aliphatic heterocycles. The van der Waals surface area contributed by atoms with Crippen molar-refractivity contribution in [2.75, 3.05) is 12.8 Å². The summed E-state index contributed by atoms with van der Waals surface area (Å²) in [6, 6.07) is 9.95. The summed E-state index contributed by atoms with van der Waals surface area (Å²) in [5.74, 6) is -2.07. The van der Waals surface area contributed by atoms with Crippen LogP contribution in [-0.4, -0.2) is 17.9 Å². The zero-order valence-electron chi connectivity index (χ0n) is 10.9. The van der Waals surface area contributed by atoms with Crippen molar-refractivity contribution in [3.8, 4) is 0 Å². The molecule has 3 nitrogen and oxygen atoms in total. The van der Waals surface area contributed by atoms with Gasteiger partial charge in [0, 0.05) is 25.3 Å². The van der Waals surface area contributed by atoms with E-state index in [2.05, 4.69) is 0 Å². The summed E-state index contributed by atoms with van der Waals surface area (Å²) in [6.07, 6.45) is 0. The number of anilines is 1. The molecular formula is C15H14F2N2O. The van der Waals surface area contributed by atoms with Crippen LogP contribution in [0.2, 0.25) is 0 Å². The first-order valence-corrected chi connectivity index (χ1v) is 6.02. The Kier molecular flexibility index (Phi) is 3.98. The first kappa shape index (κ1) is 14.0. The maximum atomic E-state index is 13.5.